The van der Waals surface area contributed by atoms with E-state index < -0.39 is 10.8 Å². The SMILES string of the molecule is CC(CC(=O)c1ccc(Cl)cc1)(Oc1ccccc1)C(=O)Cl. The van der Waals surface area contributed by atoms with E-state index in [-0.39, 0.29) is 12.2 Å². The normalized spacial score (nSPS) is 13.2. The highest BCUT2D eigenvalue weighted by molar-refractivity contribution is 6.65. The van der Waals surface area contributed by atoms with Gasteiger partial charge in [-0.15, -0.1) is 0 Å². The summed E-state index contributed by atoms with van der Waals surface area (Å²) in [5.74, 6) is 0.229. The Morgan fingerprint density at radius 3 is 2.18 bits per heavy atom. The number of para-hydroxylation sites is 1. The molecule has 1 unspecified atom stereocenters. The molecule has 0 heterocycles. The summed E-state index contributed by atoms with van der Waals surface area (Å²) in [6, 6.07) is 15.2. The smallest absolute Gasteiger partial charge is 0.265 e. The van der Waals surface area contributed by atoms with Crippen LogP contribution in [0.1, 0.15) is 23.7 Å². The lowest BCUT2D eigenvalue weighted by molar-refractivity contribution is -0.124. The van der Waals surface area contributed by atoms with Crippen molar-refractivity contribution in [3.05, 3.63) is 65.2 Å². The molecular weight excluding hydrogens is 323 g/mol. The molecule has 0 amide bonds. The van der Waals surface area contributed by atoms with Gasteiger partial charge in [-0.05, 0) is 54.9 Å². The van der Waals surface area contributed by atoms with Gasteiger partial charge in [0.05, 0.1) is 6.42 Å². The van der Waals surface area contributed by atoms with Gasteiger partial charge in [-0.3, -0.25) is 9.59 Å². The highest BCUT2D eigenvalue weighted by Crippen LogP contribution is 2.25. The summed E-state index contributed by atoms with van der Waals surface area (Å²) in [7, 11) is 0. The Morgan fingerprint density at radius 2 is 1.64 bits per heavy atom. The van der Waals surface area contributed by atoms with Crippen molar-refractivity contribution >= 4 is 34.2 Å². The number of rotatable bonds is 6. The van der Waals surface area contributed by atoms with Crippen molar-refractivity contribution < 1.29 is 14.3 Å². The first-order valence-corrected chi connectivity index (χ1v) is 7.39. The molecule has 5 heteroatoms. The third-order valence-corrected chi connectivity index (χ3v) is 3.82. The number of carbonyl (C=O) groups excluding carboxylic acids is 2. The minimum absolute atomic E-state index is 0.161. The maximum atomic E-state index is 12.3. The molecule has 0 saturated heterocycles. The summed E-state index contributed by atoms with van der Waals surface area (Å²) in [4.78, 5) is 24.1. The molecule has 0 spiro atoms. The zero-order chi connectivity index (χ0) is 16.2. The van der Waals surface area contributed by atoms with E-state index in [9.17, 15) is 9.59 Å². The van der Waals surface area contributed by atoms with Crippen molar-refractivity contribution in [2.75, 3.05) is 0 Å². The number of halogens is 2. The predicted molar refractivity (Wildman–Crippen MR) is 86.7 cm³/mol. The number of Topliss-reactive ketones (excluding diaryl/α,β-unsaturated/α-hetero) is 1. The summed E-state index contributed by atoms with van der Waals surface area (Å²) >= 11 is 11.5. The maximum absolute atomic E-state index is 12.3. The third kappa shape index (κ3) is 4.09. The van der Waals surface area contributed by atoms with Gasteiger partial charge >= 0.3 is 0 Å². The van der Waals surface area contributed by atoms with Gasteiger partial charge in [0.2, 0.25) is 0 Å². The number of hydrogen-bond acceptors (Lipinski definition) is 3. The van der Waals surface area contributed by atoms with Crippen LogP contribution in [0.25, 0.3) is 0 Å². The average molecular weight is 337 g/mol. The van der Waals surface area contributed by atoms with Crippen LogP contribution in [-0.4, -0.2) is 16.6 Å². The molecule has 0 bridgehead atoms. The van der Waals surface area contributed by atoms with Gasteiger partial charge in [0.25, 0.3) is 5.24 Å². The van der Waals surface area contributed by atoms with E-state index >= 15 is 0 Å². The fourth-order valence-electron chi connectivity index (χ4n) is 1.94. The molecule has 0 N–H and O–H groups in total. The van der Waals surface area contributed by atoms with E-state index in [2.05, 4.69) is 0 Å². The van der Waals surface area contributed by atoms with Gasteiger partial charge in [-0.25, -0.2) is 0 Å². The Morgan fingerprint density at radius 1 is 1.05 bits per heavy atom. The van der Waals surface area contributed by atoms with Crippen LogP contribution in [0.4, 0.5) is 0 Å². The molecule has 0 aliphatic heterocycles. The van der Waals surface area contributed by atoms with Gasteiger partial charge in [0, 0.05) is 10.6 Å². The van der Waals surface area contributed by atoms with E-state index in [1.165, 1.54) is 6.92 Å². The second-order valence-electron chi connectivity index (χ2n) is 5.03. The molecule has 0 saturated carbocycles. The van der Waals surface area contributed by atoms with Gasteiger partial charge in [0.1, 0.15) is 5.75 Å². The standard InChI is InChI=1S/C17H14Cl2O3/c1-17(16(19)21,22-14-5-3-2-4-6-14)11-15(20)12-7-9-13(18)10-8-12/h2-10H,11H2,1H3. The third-order valence-electron chi connectivity index (χ3n) is 3.17. The van der Waals surface area contributed by atoms with Crippen LogP contribution in [0.5, 0.6) is 5.75 Å². The van der Waals surface area contributed by atoms with E-state index in [1.54, 1.807) is 48.5 Å². The largest absolute Gasteiger partial charge is 0.478 e. The van der Waals surface area contributed by atoms with Crippen molar-refractivity contribution in [1.82, 2.24) is 0 Å². The molecule has 114 valence electrons. The Balaban J connectivity index is 2.19. The lowest BCUT2D eigenvalue weighted by Crippen LogP contribution is -2.41. The van der Waals surface area contributed by atoms with E-state index in [0.717, 1.165) is 0 Å². The summed E-state index contributed by atoms with van der Waals surface area (Å²) in [6.45, 7) is 1.50. The number of carbonyl (C=O) groups is 2. The zero-order valence-electron chi connectivity index (χ0n) is 11.9. The maximum Gasteiger partial charge on any atom is 0.265 e. The number of benzene rings is 2. The monoisotopic (exact) mass is 336 g/mol. The summed E-state index contributed by atoms with van der Waals surface area (Å²) in [5.41, 5.74) is -0.982. The average Bonchev–Trinajstić information content (AvgIpc) is 2.48. The lowest BCUT2D eigenvalue weighted by Gasteiger charge is -2.26. The molecule has 2 rings (SSSR count). The molecule has 2 aromatic rings. The molecular formula is C17H14Cl2O3. The Labute approximate surface area is 138 Å². The molecule has 22 heavy (non-hydrogen) atoms. The molecule has 0 aromatic heterocycles. The molecule has 0 radical (unpaired) electrons. The summed E-state index contributed by atoms with van der Waals surface area (Å²) in [6.07, 6.45) is -0.161. The van der Waals surface area contributed by atoms with E-state index in [1.807, 2.05) is 6.07 Å². The van der Waals surface area contributed by atoms with Crippen LogP contribution >= 0.6 is 23.2 Å². The first kappa shape index (κ1) is 16.5. The minimum atomic E-state index is -1.43. The second-order valence-corrected chi connectivity index (χ2v) is 5.81. The minimum Gasteiger partial charge on any atom is -0.478 e. The van der Waals surface area contributed by atoms with Crippen LogP contribution < -0.4 is 4.74 Å². The first-order chi connectivity index (χ1) is 10.4. The lowest BCUT2D eigenvalue weighted by atomic mass is 9.96. The van der Waals surface area contributed by atoms with Crippen LogP contribution in [0.2, 0.25) is 5.02 Å². The number of hydrogen-bond donors (Lipinski definition) is 0. The fourth-order valence-corrected chi connectivity index (χ4v) is 2.17. The summed E-state index contributed by atoms with van der Waals surface area (Å²) in [5, 5.41) is -0.188. The summed E-state index contributed by atoms with van der Waals surface area (Å²) < 4.78 is 5.65. The van der Waals surface area contributed by atoms with Crippen molar-refractivity contribution in [2.45, 2.75) is 18.9 Å². The fraction of sp³-hybridized carbons (Fsp3) is 0.176. The van der Waals surface area contributed by atoms with Crippen LogP contribution in [0.3, 0.4) is 0 Å². The molecule has 1 atom stereocenters. The molecule has 3 nitrogen and oxygen atoms in total. The zero-order valence-corrected chi connectivity index (χ0v) is 13.4. The van der Waals surface area contributed by atoms with Gasteiger partial charge in [-0.2, -0.15) is 0 Å². The van der Waals surface area contributed by atoms with Crippen molar-refractivity contribution in [3.63, 3.8) is 0 Å². The van der Waals surface area contributed by atoms with Gasteiger partial charge in [0.15, 0.2) is 11.4 Å². The van der Waals surface area contributed by atoms with Gasteiger partial charge < -0.3 is 4.74 Å². The van der Waals surface area contributed by atoms with E-state index in [4.69, 9.17) is 27.9 Å². The Kier molecular flexibility index (Phi) is 5.22. The van der Waals surface area contributed by atoms with Gasteiger partial charge in [-0.1, -0.05) is 29.8 Å². The van der Waals surface area contributed by atoms with Crippen molar-refractivity contribution in [2.24, 2.45) is 0 Å². The van der Waals surface area contributed by atoms with Crippen molar-refractivity contribution in [3.8, 4) is 5.75 Å². The Hall–Kier alpha value is -1.84. The number of ketones is 1. The molecule has 0 aliphatic carbocycles. The molecule has 2 aromatic carbocycles. The highest BCUT2D eigenvalue weighted by atomic mass is 35.5. The molecule has 0 aliphatic rings. The molecule has 0 fully saturated rings. The highest BCUT2D eigenvalue weighted by Gasteiger charge is 2.37. The Bertz CT molecular complexity index is 668. The number of ether oxygens (including phenoxy) is 1. The van der Waals surface area contributed by atoms with Crippen molar-refractivity contribution in [1.29, 1.82) is 0 Å². The first-order valence-electron chi connectivity index (χ1n) is 6.63. The van der Waals surface area contributed by atoms with Crippen LogP contribution in [0, 0.1) is 0 Å². The van der Waals surface area contributed by atoms with E-state index in [0.29, 0.717) is 16.3 Å². The predicted octanol–water partition coefficient (Wildman–Crippen LogP) is 4.52. The topological polar surface area (TPSA) is 43.4 Å². The quantitative estimate of drug-likeness (QED) is 0.575. The van der Waals surface area contributed by atoms with Crippen LogP contribution in [-0.2, 0) is 4.79 Å². The second kappa shape index (κ2) is 6.95. The van der Waals surface area contributed by atoms with Crippen LogP contribution in [0.15, 0.2) is 54.6 Å².